The molecule has 276 valence electrons. The van der Waals surface area contributed by atoms with Crippen molar-refractivity contribution in [2.24, 2.45) is 0 Å². The van der Waals surface area contributed by atoms with E-state index in [2.05, 4.69) is 38.3 Å². The zero-order valence-electron chi connectivity index (χ0n) is 29.6. The number of unbranched alkanes of at least 4 members (excludes halogenated alkanes) is 2. The van der Waals surface area contributed by atoms with Gasteiger partial charge in [0, 0.05) is 44.2 Å². The highest BCUT2D eigenvalue weighted by Crippen LogP contribution is 2.40. The van der Waals surface area contributed by atoms with E-state index in [4.69, 9.17) is 9.47 Å². The molecule has 4 aromatic carbocycles. The van der Waals surface area contributed by atoms with Gasteiger partial charge in [-0.25, -0.2) is 0 Å². The van der Waals surface area contributed by atoms with Gasteiger partial charge in [-0.3, -0.25) is 9.59 Å². The number of aliphatic hydroxyl groups is 1. The van der Waals surface area contributed by atoms with E-state index in [1.807, 2.05) is 60.7 Å². The number of nitrogens with zero attached hydrogens (tertiary/aromatic N) is 4. The zero-order valence-corrected chi connectivity index (χ0v) is 30.4. The Morgan fingerprint density at radius 2 is 1.64 bits per heavy atom. The molecule has 0 saturated carbocycles. The third-order valence-corrected chi connectivity index (χ3v) is 9.96. The number of rotatable bonds is 16. The Bertz CT molecular complexity index is 1950. The minimum absolute atomic E-state index is 0.00801. The molecule has 0 radical (unpaired) electrons. The average molecular weight is 737 g/mol. The molecule has 1 aliphatic rings. The fraction of sp³-hybridized carbons (Fsp3) is 0.325. The summed E-state index contributed by atoms with van der Waals surface area (Å²) in [4.78, 5) is 23.5. The quantitative estimate of drug-likeness (QED) is 0.0681. The molecule has 1 fully saturated rings. The number of benzene rings is 4. The number of phenols is 1. The predicted molar refractivity (Wildman–Crippen MR) is 201 cm³/mol. The molecule has 3 atom stereocenters. The van der Waals surface area contributed by atoms with Crippen molar-refractivity contribution in [2.75, 3.05) is 12.3 Å². The fourth-order valence-corrected chi connectivity index (χ4v) is 6.99. The van der Waals surface area contributed by atoms with Gasteiger partial charge in [-0.05, 0) is 87.5 Å². The van der Waals surface area contributed by atoms with Gasteiger partial charge >= 0.3 is 0 Å². The van der Waals surface area contributed by atoms with E-state index in [-0.39, 0.29) is 36.4 Å². The molecule has 13 heteroatoms. The highest BCUT2D eigenvalue weighted by atomic mass is 32.2. The number of aromatic nitrogens is 4. The molecule has 4 N–H and O–H groups in total. The van der Waals surface area contributed by atoms with Gasteiger partial charge in [0.25, 0.3) is 0 Å². The molecule has 0 aliphatic carbocycles. The first-order chi connectivity index (χ1) is 25.8. The molecule has 0 bridgehead atoms. The normalized spacial score (nSPS) is 17.0. The molecule has 0 spiro atoms. The molecule has 0 unspecified atom stereocenters. The fourth-order valence-electron chi connectivity index (χ4n) is 6.08. The van der Waals surface area contributed by atoms with Crippen molar-refractivity contribution in [3.63, 3.8) is 0 Å². The van der Waals surface area contributed by atoms with Crippen LogP contribution in [0.5, 0.6) is 5.75 Å². The second-order valence-corrected chi connectivity index (χ2v) is 13.9. The van der Waals surface area contributed by atoms with Crippen LogP contribution in [-0.2, 0) is 32.2 Å². The van der Waals surface area contributed by atoms with Crippen LogP contribution in [0.4, 0.5) is 0 Å². The lowest BCUT2D eigenvalue weighted by Gasteiger charge is -2.36. The highest BCUT2D eigenvalue weighted by molar-refractivity contribution is 7.99. The minimum Gasteiger partial charge on any atom is -0.508 e. The van der Waals surface area contributed by atoms with Gasteiger partial charge in [0.15, 0.2) is 6.29 Å². The van der Waals surface area contributed by atoms with Gasteiger partial charge in [-0.2, -0.15) is 4.68 Å². The molecule has 2 amide bonds. The molecule has 1 saturated heterocycles. The van der Waals surface area contributed by atoms with Crippen LogP contribution in [-0.4, -0.2) is 60.6 Å². The van der Waals surface area contributed by atoms with Gasteiger partial charge in [0.2, 0.25) is 17.0 Å². The number of carbonyl (C=O) groups excluding carboxylic acids is 2. The summed E-state index contributed by atoms with van der Waals surface area (Å²) in [5.74, 6) is 0.699. The lowest BCUT2D eigenvalue weighted by molar-refractivity contribution is -0.245. The lowest BCUT2D eigenvalue weighted by Crippen LogP contribution is -2.31. The van der Waals surface area contributed by atoms with E-state index < -0.39 is 6.29 Å². The average Bonchev–Trinajstić information content (AvgIpc) is 3.66. The first kappa shape index (κ1) is 37.7. The van der Waals surface area contributed by atoms with Crippen molar-refractivity contribution >= 4 is 23.6 Å². The second-order valence-electron chi connectivity index (χ2n) is 12.9. The molecule has 2 heterocycles. The smallest absolute Gasteiger partial charge is 0.220 e. The van der Waals surface area contributed by atoms with Crippen LogP contribution in [0.2, 0.25) is 0 Å². The second kappa shape index (κ2) is 18.6. The lowest BCUT2D eigenvalue weighted by atomic mass is 9.99. The summed E-state index contributed by atoms with van der Waals surface area (Å²) in [5.41, 5.74) is 6.44. The molecule has 5 aromatic rings. The predicted octanol–water partition coefficient (Wildman–Crippen LogP) is 6.18. The van der Waals surface area contributed by atoms with Crippen molar-refractivity contribution in [1.29, 1.82) is 0 Å². The van der Waals surface area contributed by atoms with Gasteiger partial charge in [0.05, 0.1) is 24.5 Å². The first-order valence-electron chi connectivity index (χ1n) is 17.8. The van der Waals surface area contributed by atoms with Crippen molar-refractivity contribution in [3.8, 4) is 22.6 Å². The number of aromatic hydroxyl groups is 1. The number of amides is 2. The van der Waals surface area contributed by atoms with E-state index in [1.54, 1.807) is 28.9 Å². The van der Waals surface area contributed by atoms with Crippen LogP contribution in [0.25, 0.3) is 16.8 Å². The SMILES string of the molecule is CC(=O)NCCCCCC(=O)NCc1cccc(-c2cccc([C@H]3O[C@@H](CSc4nnnn4-c4ccc(O)cc4)C[C@@H](c4ccc(CO)cc4)O3)c2)c1. The third kappa shape index (κ3) is 10.7. The van der Waals surface area contributed by atoms with Gasteiger partial charge < -0.3 is 30.3 Å². The van der Waals surface area contributed by atoms with Crippen LogP contribution in [0, 0.1) is 0 Å². The van der Waals surface area contributed by atoms with E-state index in [9.17, 15) is 19.8 Å². The maximum absolute atomic E-state index is 12.5. The number of aliphatic hydroxyl groups excluding tert-OH is 1. The summed E-state index contributed by atoms with van der Waals surface area (Å²) in [5, 5.41) is 38.0. The van der Waals surface area contributed by atoms with Crippen LogP contribution in [0.3, 0.4) is 0 Å². The van der Waals surface area contributed by atoms with Crippen molar-refractivity contribution in [1.82, 2.24) is 30.8 Å². The maximum atomic E-state index is 12.5. The van der Waals surface area contributed by atoms with Gasteiger partial charge in [0.1, 0.15) is 5.75 Å². The molecule has 6 rings (SSSR count). The molecule has 1 aromatic heterocycles. The van der Waals surface area contributed by atoms with Crippen LogP contribution in [0.15, 0.2) is 102 Å². The summed E-state index contributed by atoms with van der Waals surface area (Å²) in [6.45, 7) is 2.53. The summed E-state index contributed by atoms with van der Waals surface area (Å²) < 4.78 is 14.9. The topological polar surface area (TPSA) is 161 Å². The Balaban J connectivity index is 1.13. The first-order valence-corrected chi connectivity index (χ1v) is 18.7. The molecule has 53 heavy (non-hydrogen) atoms. The zero-order chi connectivity index (χ0) is 37.0. The number of tetrazole rings is 1. The molecular weight excluding hydrogens is 693 g/mol. The number of hydrogen-bond donors (Lipinski definition) is 4. The Hall–Kier alpha value is -5.08. The molecule has 12 nitrogen and oxygen atoms in total. The molecular formula is C40H44N6O6S. The standard InChI is InChI=1S/C40H44N6O6S/c1-27(48)41-20-4-2-3-11-38(50)42-24-29-7-5-8-31(21-29)32-9-6-10-33(22-32)39-51-36(23-37(52-39)30-14-12-28(25-47)13-15-30)26-53-40-43-44-45-46(40)34-16-18-35(49)19-17-34/h5-10,12-19,21-22,36-37,39,47,49H,2-4,11,20,23-26H2,1H3,(H,41,48)(H,42,50)/t36-,37+,39+/m1/s1. The minimum atomic E-state index is -0.648. The Labute approximate surface area is 312 Å². The van der Waals surface area contributed by atoms with Gasteiger partial charge in [-0.15, -0.1) is 5.10 Å². The number of thioether (sulfide) groups is 1. The van der Waals surface area contributed by atoms with E-state index in [0.29, 0.717) is 36.8 Å². The van der Waals surface area contributed by atoms with Gasteiger partial charge in [-0.1, -0.05) is 78.8 Å². The van der Waals surface area contributed by atoms with Crippen LogP contribution < -0.4 is 10.6 Å². The van der Waals surface area contributed by atoms with Crippen molar-refractivity contribution in [2.45, 2.75) is 75.8 Å². The molecule has 1 aliphatic heterocycles. The third-order valence-electron chi connectivity index (χ3n) is 8.91. The van der Waals surface area contributed by atoms with Crippen LogP contribution >= 0.6 is 11.8 Å². The largest absolute Gasteiger partial charge is 0.508 e. The maximum Gasteiger partial charge on any atom is 0.220 e. The van der Waals surface area contributed by atoms with E-state index in [0.717, 1.165) is 58.3 Å². The highest BCUT2D eigenvalue weighted by Gasteiger charge is 2.33. The van der Waals surface area contributed by atoms with Crippen molar-refractivity contribution in [3.05, 3.63) is 119 Å². The number of ether oxygens (including phenoxy) is 2. The number of carbonyl (C=O) groups is 2. The summed E-state index contributed by atoms with van der Waals surface area (Å²) in [6, 6.07) is 30.7. The Kier molecular flexibility index (Phi) is 13.2. The Morgan fingerprint density at radius 1 is 0.868 bits per heavy atom. The summed E-state index contributed by atoms with van der Waals surface area (Å²) in [6.07, 6.45) is 2.45. The Morgan fingerprint density at radius 3 is 2.42 bits per heavy atom. The van der Waals surface area contributed by atoms with E-state index in [1.165, 1.54) is 18.7 Å². The van der Waals surface area contributed by atoms with Crippen molar-refractivity contribution < 1.29 is 29.3 Å². The summed E-state index contributed by atoms with van der Waals surface area (Å²) in [7, 11) is 0. The van der Waals surface area contributed by atoms with Crippen LogP contribution in [0.1, 0.15) is 73.7 Å². The van der Waals surface area contributed by atoms with E-state index >= 15 is 0 Å². The number of phenolic OH excluding ortho intramolecular Hbond substituents is 1. The number of nitrogens with one attached hydrogen (secondary N) is 2. The summed E-state index contributed by atoms with van der Waals surface area (Å²) >= 11 is 1.48. The monoisotopic (exact) mass is 736 g/mol. The number of hydrogen-bond acceptors (Lipinski definition) is 10.